The summed E-state index contributed by atoms with van der Waals surface area (Å²) in [6.45, 7) is 0.145. The van der Waals surface area contributed by atoms with Crippen molar-refractivity contribution in [3.8, 4) is 0 Å². The maximum absolute atomic E-state index is 14.2. The third kappa shape index (κ3) is 3.79. The quantitative estimate of drug-likeness (QED) is 0.615. The largest absolute Gasteiger partial charge is 0.413 e. The minimum Gasteiger partial charge on any atom is -0.364 e. The number of primary amides is 1. The number of hydrogen-bond donors (Lipinski definition) is 4. The summed E-state index contributed by atoms with van der Waals surface area (Å²) in [7, 11) is 0. The lowest BCUT2D eigenvalue weighted by molar-refractivity contribution is -0.190. The highest BCUT2D eigenvalue weighted by molar-refractivity contribution is 5.92. The van der Waals surface area contributed by atoms with E-state index in [0.29, 0.717) is 5.56 Å². The van der Waals surface area contributed by atoms with Gasteiger partial charge in [0.25, 0.3) is 5.91 Å². The number of hydrogen-bond acceptors (Lipinski definition) is 5. The summed E-state index contributed by atoms with van der Waals surface area (Å²) in [6, 6.07) is 10.4. The Kier molecular flexibility index (Phi) is 5.15. The van der Waals surface area contributed by atoms with Crippen LogP contribution in [0.4, 0.5) is 13.2 Å². The van der Waals surface area contributed by atoms with Crippen molar-refractivity contribution in [2.75, 3.05) is 0 Å². The van der Waals surface area contributed by atoms with Crippen LogP contribution in [0.5, 0.6) is 0 Å². The van der Waals surface area contributed by atoms with Crippen LogP contribution in [0, 0.1) is 0 Å². The lowest BCUT2D eigenvalue weighted by Gasteiger charge is -2.38. The van der Waals surface area contributed by atoms with Gasteiger partial charge in [0.15, 0.2) is 5.54 Å². The molecule has 2 unspecified atom stereocenters. The smallest absolute Gasteiger partial charge is 0.364 e. The van der Waals surface area contributed by atoms with Gasteiger partial charge in [-0.15, -0.1) is 0 Å². The van der Waals surface area contributed by atoms with Crippen LogP contribution in [-0.4, -0.2) is 22.6 Å². The number of halogens is 3. The minimum absolute atomic E-state index is 0.145. The molecule has 6 nitrogen and oxygen atoms in total. The summed E-state index contributed by atoms with van der Waals surface area (Å²) in [5, 5.41) is 2.94. The highest BCUT2D eigenvalue weighted by Crippen LogP contribution is 2.43. The van der Waals surface area contributed by atoms with E-state index in [0.717, 1.165) is 11.6 Å². The zero-order valence-electron chi connectivity index (χ0n) is 14.1. The lowest BCUT2D eigenvalue weighted by atomic mass is 9.84. The second kappa shape index (κ2) is 7.37. The van der Waals surface area contributed by atoms with Crippen LogP contribution in [0.15, 0.2) is 66.6 Å². The third-order valence-electron chi connectivity index (χ3n) is 4.33. The number of hydrazine groups is 1. The molecule has 0 saturated heterocycles. The van der Waals surface area contributed by atoms with E-state index in [9.17, 15) is 18.0 Å². The summed E-state index contributed by atoms with van der Waals surface area (Å²) in [6.07, 6.45) is -0.775. The van der Waals surface area contributed by atoms with Crippen molar-refractivity contribution in [1.82, 2.24) is 21.2 Å². The van der Waals surface area contributed by atoms with Gasteiger partial charge in [0.05, 0.1) is 6.04 Å². The molecule has 0 aliphatic carbocycles. The van der Waals surface area contributed by atoms with E-state index >= 15 is 0 Å². The fraction of sp³-hybridized carbons (Fsp3) is 0.222. The van der Waals surface area contributed by atoms with E-state index in [-0.39, 0.29) is 12.2 Å². The Morgan fingerprint density at radius 1 is 1.22 bits per heavy atom. The molecule has 0 radical (unpaired) electrons. The van der Waals surface area contributed by atoms with Gasteiger partial charge in [0, 0.05) is 18.9 Å². The molecule has 9 heteroatoms. The van der Waals surface area contributed by atoms with Gasteiger partial charge in [0.2, 0.25) is 0 Å². The number of rotatable bonds is 6. The topological polar surface area (TPSA) is 92.1 Å². The predicted octanol–water partition coefficient (Wildman–Crippen LogP) is 1.69. The number of nitrogens with one attached hydrogen (secondary N) is 3. The average molecular weight is 377 g/mol. The molecule has 0 spiro atoms. The number of carbonyl (C=O) groups is 1. The second-order valence-electron chi connectivity index (χ2n) is 6.12. The van der Waals surface area contributed by atoms with Crippen molar-refractivity contribution < 1.29 is 18.0 Å². The Morgan fingerprint density at radius 3 is 2.52 bits per heavy atom. The van der Waals surface area contributed by atoms with Crippen LogP contribution in [-0.2, 0) is 11.3 Å². The maximum Gasteiger partial charge on any atom is 0.413 e. The highest BCUT2D eigenvalue weighted by atomic mass is 19.4. The van der Waals surface area contributed by atoms with Crippen molar-refractivity contribution >= 4 is 5.91 Å². The van der Waals surface area contributed by atoms with Gasteiger partial charge < -0.3 is 16.5 Å². The molecule has 2 atom stereocenters. The first-order chi connectivity index (χ1) is 12.8. The number of benzene rings is 1. The molecule has 27 heavy (non-hydrogen) atoms. The summed E-state index contributed by atoms with van der Waals surface area (Å²) in [4.78, 5) is 15.4. The second-order valence-corrected chi connectivity index (χ2v) is 6.12. The van der Waals surface area contributed by atoms with E-state index in [1.807, 2.05) is 0 Å². The Balaban J connectivity index is 2.03. The molecule has 142 valence electrons. The van der Waals surface area contributed by atoms with Crippen molar-refractivity contribution in [2.24, 2.45) is 5.73 Å². The van der Waals surface area contributed by atoms with Crippen molar-refractivity contribution in [2.45, 2.75) is 24.3 Å². The molecule has 0 bridgehead atoms. The standard InChI is InChI=1S/C18H18F3N5O/c19-18(20,21)17(9-14(16(22)27)25-26-17)15(13-6-2-1-3-7-13)24-11-12-5-4-8-23-10-12/h1-10,15,24-26H,11H2,(H2,22,27). The SMILES string of the molecule is NC(=O)C1=CC(C(NCc2cccnc2)c2ccccc2)(C(F)(F)F)NN1. The molecule has 2 heterocycles. The molecule has 1 aromatic heterocycles. The van der Waals surface area contributed by atoms with E-state index in [1.165, 1.54) is 0 Å². The molecule has 1 aliphatic heterocycles. The molecule has 0 saturated carbocycles. The minimum atomic E-state index is -4.72. The maximum atomic E-state index is 14.2. The van der Waals surface area contributed by atoms with Gasteiger partial charge in [-0.25, -0.2) is 5.43 Å². The first kappa shape index (κ1) is 18.9. The monoisotopic (exact) mass is 377 g/mol. The van der Waals surface area contributed by atoms with Crippen LogP contribution in [0.2, 0.25) is 0 Å². The van der Waals surface area contributed by atoms with Gasteiger partial charge in [-0.1, -0.05) is 36.4 Å². The number of nitrogens with two attached hydrogens (primary N) is 1. The Hall–Kier alpha value is -2.91. The molecule has 2 aromatic rings. The number of aromatic nitrogens is 1. The summed E-state index contributed by atoms with van der Waals surface area (Å²) < 4.78 is 42.5. The van der Waals surface area contributed by atoms with Crippen molar-refractivity contribution in [3.05, 3.63) is 77.8 Å². The van der Waals surface area contributed by atoms with E-state index in [2.05, 4.69) is 21.2 Å². The molecule has 5 N–H and O–H groups in total. The Morgan fingerprint density at radius 2 is 1.96 bits per heavy atom. The van der Waals surface area contributed by atoms with Gasteiger partial charge in [-0.05, 0) is 23.3 Å². The molecule has 3 rings (SSSR count). The first-order valence-corrected chi connectivity index (χ1v) is 8.13. The molecule has 1 aliphatic rings. The predicted molar refractivity (Wildman–Crippen MR) is 92.6 cm³/mol. The van der Waals surface area contributed by atoms with Crippen molar-refractivity contribution in [3.63, 3.8) is 0 Å². The highest BCUT2D eigenvalue weighted by Gasteiger charge is 2.61. The van der Waals surface area contributed by atoms with Gasteiger partial charge in [-0.2, -0.15) is 13.2 Å². The summed E-state index contributed by atoms with van der Waals surface area (Å²) in [5.41, 5.74) is 7.87. The molecule has 1 aromatic carbocycles. The Bertz CT molecular complexity index is 826. The molecule has 1 amide bonds. The van der Waals surface area contributed by atoms with E-state index in [4.69, 9.17) is 5.73 Å². The van der Waals surface area contributed by atoms with Crippen LogP contribution >= 0.6 is 0 Å². The fourth-order valence-corrected chi connectivity index (χ4v) is 2.99. The van der Waals surface area contributed by atoms with Crippen molar-refractivity contribution in [1.29, 1.82) is 0 Å². The zero-order chi connectivity index (χ0) is 19.5. The van der Waals surface area contributed by atoms with E-state index in [1.54, 1.807) is 54.9 Å². The van der Waals surface area contributed by atoms with Gasteiger partial charge >= 0.3 is 6.18 Å². The lowest BCUT2D eigenvalue weighted by Crippen LogP contribution is -2.62. The number of amides is 1. The molecular formula is C18H18F3N5O. The van der Waals surface area contributed by atoms with Gasteiger partial charge in [0.1, 0.15) is 5.70 Å². The molecule has 0 fully saturated rings. The number of carbonyl (C=O) groups excluding carboxylic acids is 1. The fourth-order valence-electron chi connectivity index (χ4n) is 2.99. The number of nitrogens with zero attached hydrogens (tertiary/aromatic N) is 1. The Labute approximate surface area is 153 Å². The first-order valence-electron chi connectivity index (χ1n) is 8.13. The zero-order valence-corrected chi connectivity index (χ0v) is 14.1. The molecular weight excluding hydrogens is 359 g/mol. The van der Waals surface area contributed by atoms with Crippen LogP contribution in [0.1, 0.15) is 17.2 Å². The van der Waals surface area contributed by atoms with E-state index < -0.39 is 23.7 Å². The van der Waals surface area contributed by atoms with Crippen LogP contribution in [0.3, 0.4) is 0 Å². The van der Waals surface area contributed by atoms with Crippen LogP contribution in [0.25, 0.3) is 0 Å². The summed E-state index contributed by atoms with van der Waals surface area (Å²) in [5.74, 6) is -0.979. The average Bonchev–Trinajstić information content (AvgIpc) is 3.11. The summed E-state index contributed by atoms with van der Waals surface area (Å²) >= 11 is 0. The normalized spacial score (nSPS) is 20.6. The van der Waals surface area contributed by atoms with Crippen LogP contribution < -0.4 is 21.9 Å². The van der Waals surface area contributed by atoms with Gasteiger partial charge in [-0.3, -0.25) is 9.78 Å². The number of alkyl halides is 3. The third-order valence-corrected chi connectivity index (χ3v) is 4.33. The number of pyridine rings is 1.